The minimum atomic E-state index is -0.123. The van der Waals surface area contributed by atoms with Crippen molar-refractivity contribution in [2.75, 3.05) is 32.7 Å². The first kappa shape index (κ1) is 18.8. The Kier molecular flexibility index (Phi) is 5.81. The maximum Gasteiger partial charge on any atom is 0.146 e. The van der Waals surface area contributed by atoms with Gasteiger partial charge in [0.05, 0.1) is 12.6 Å². The molecule has 2 fully saturated rings. The molecule has 1 aromatic heterocycles. The van der Waals surface area contributed by atoms with E-state index in [0.717, 1.165) is 57.2 Å². The molecule has 6 heteroatoms. The number of hydrogen-bond donors (Lipinski definition) is 1. The van der Waals surface area contributed by atoms with Gasteiger partial charge in [0.2, 0.25) is 0 Å². The van der Waals surface area contributed by atoms with Gasteiger partial charge in [0.25, 0.3) is 0 Å². The van der Waals surface area contributed by atoms with Gasteiger partial charge in [0.1, 0.15) is 11.6 Å². The number of likely N-dealkylation sites (tertiary alicyclic amines) is 2. The molecule has 0 saturated carbocycles. The second-order valence-electron chi connectivity index (χ2n) is 9.18. The molecule has 0 aliphatic carbocycles. The van der Waals surface area contributed by atoms with Crippen molar-refractivity contribution < 1.29 is 5.11 Å². The molecule has 0 spiro atoms. The molecular weight excluding hydrogens is 314 g/mol. The maximum atomic E-state index is 9.66. The van der Waals surface area contributed by atoms with Crippen LogP contribution < -0.4 is 0 Å². The van der Waals surface area contributed by atoms with Crippen LogP contribution in [-0.2, 0) is 13.6 Å². The molecule has 0 aromatic carbocycles. The van der Waals surface area contributed by atoms with Crippen LogP contribution in [0.15, 0.2) is 0 Å². The number of aliphatic hydroxyl groups is 1. The van der Waals surface area contributed by atoms with Crippen LogP contribution in [0, 0.1) is 5.41 Å². The van der Waals surface area contributed by atoms with E-state index in [0.29, 0.717) is 11.3 Å². The molecular formula is C19H35N5O. The predicted octanol–water partition coefficient (Wildman–Crippen LogP) is 2.00. The van der Waals surface area contributed by atoms with Gasteiger partial charge in [-0.05, 0) is 37.6 Å². The highest BCUT2D eigenvalue weighted by atomic mass is 16.3. The van der Waals surface area contributed by atoms with Crippen molar-refractivity contribution in [1.29, 1.82) is 0 Å². The molecule has 0 radical (unpaired) electrons. The summed E-state index contributed by atoms with van der Waals surface area (Å²) in [5, 5.41) is 18.7. The van der Waals surface area contributed by atoms with Gasteiger partial charge < -0.3 is 14.6 Å². The van der Waals surface area contributed by atoms with E-state index in [4.69, 9.17) is 0 Å². The van der Waals surface area contributed by atoms with Crippen LogP contribution in [-0.4, -0.2) is 68.5 Å². The summed E-state index contributed by atoms with van der Waals surface area (Å²) in [6.45, 7) is 13.1. The van der Waals surface area contributed by atoms with E-state index in [1.54, 1.807) is 0 Å². The zero-order valence-electron chi connectivity index (χ0n) is 16.4. The zero-order chi connectivity index (χ0) is 18.0. The Morgan fingerprint density at radius 3 is 2.44 bits per heavy atom. The largest absolute Gasteiger partial charge is 0.393 e. The van der Waals surface area contributed by atoms with Crippen molar-refractivity contribution in [1.82, 2.24) is 24.6 Å². The lowest BCUT2D eigenvalue weighted by molar-refractivity contribution is 0.0775. The SMILES string of the molecule is Cn1c(CN2CCC(O)CC2)nnc1[C@@H]1CCCN(CC(C)(C)C)C1. The average Bonchev–Trinajstić information content (AvgIpc) is 2.89. The van der Waals surface area contributed by atoms with Crippen molar-refractivity contribution in [2.24, 2.45) is 12.5 Å². The third kappa shape index (κ3) is 5.02. The first-order valence-corrected chi connectivity index (χ1v) is 9.83. The summed E-state index contributed by atoms with van der Waals surface area (Å²) in [7, 11) is 2.12. The third-order valence-corrected chi connectivity index (χ3v) is 5.49. The summed E-state index contributed by atoms with van der Waals surface area (Å²) >= 11 is 0. The Labute approximate surface area is 152 Å². The molecule has 142 valence electrons. The van der Waals surface area contributed by atoms with Crippen LogP contribution in [0.2, 0.25) is 0 Å². The number of rotatable bonds is 4. The minimum absolute atomic E-state index is 0.123. The first-order valence-electron chi connectivity index (χ1n) is 9.83. The van der Waals surface area contributed by atoms with Crippen molar-refractivity contribution in [2.45, 2.75) is 65.0 Å². The Bertz CT molecular complexity index is 557. The summed E-state index contributed by atoms with van der Waals surface area (Å²) in [4.78, 5) is 4.97. The summed E-state index contributed by atoms with van der Waals surface area (Å²) in [6.07, 6.45) is 4.07. The van der Waals surface area contributed by atoms with Crippen LogP contribution in [0.25, 0.3) is 0 Å². The highest BCUT2D eigenvalue weighted by Crippen LogP contribution is 2.28. The lowest BCUT2D eigenvalue weighted by Gasteiger charge is -2.36. The zero-order valence-corrected chi connectivity index (χ0v) is 16.4. The van der Waals surface area contributed by atoms with E-state index >= 15 is 0 Å². The fourth-order valence-electron chi connectivity index (χ4n) is 4.23. The van der Waals surface area contributed by atoms with E-state index in [1.807, 2.05) is 0 Å². The molecule has 1 aromatic rings. The molecule has 1 N–H and O–H groups in total. The smallest absolute Gasteiger partial charge is 0.146 e. The molecule has 0 bridgehead atoms. The number of aliphatic hydroxyl groups excluding tert-OH is 1. The summed E-state index contributed by atoms with van der Waals surface area (Å²) in [6, 6.07) is 0. The second-order valence-corrected chi connectivity index (χ2v) is 9.18. The van der Waals surface area contributed by atoms with Gasteiger partial charge in [-0.2, -0.15) is 0 Å². The molecule has 3 rings (SSSR count). The van der Waals surface area contributed by atoms with E-state index in [-0.39, 0.29) is 6.10 Å². The summed E-state index contributed by atoms with van der Waals surface area (Å²) in [5.41, 5.74) is 0.339. The highest BCUT2D eigenvalue weighted by Gasteiger charge is 2.28. The van der Waals surface area contributed by atoms with Crippen molar-refractivity contribution in [3.63, 3.8) is 0 Å². The van der Waals surface area contributed by atoms with Crippen LogP contribution in [0.3, 0.4) is 0 Å². The quantitative estimate of drug-likeness (QED) is 0.901. The number of hydrogen-bond acceptors (Lipinski definition) is 5. The molecule has 0 amide bonds. The Balaban J connectivity index is 1.62. The Hall–Kier alpha value is -0.980. The van der Waals surface area contributed by atoms with Crippen molar-refractivity contribution in [3.8, 4) is 0 Å². The fraction of sp³-hybridized carbons (Fsp3) is 0.895. The van der Waals surface area contributed by atoms with Gasteiger partial charge in [-0.1, -0.05) is 20.8 Å². The van der Waals surface area contributed by atoms with Crippen LogP contribution in [0.5, 0.6) is 0 Å². The van der Waals surface area contributed by atoms with Gasteiger partial charge in [-0.3, -0.25) is 4.90 Å². The molecule has 3 heterocycles. The maximum absolute atomic E-state index is 9.66. The lowest BCUT2D eigenvalue weighted by atomic mass is 9.92. The van der Waals surface area contributed by atoms with E-state index in [1.165, 1.54) is 19.4 Å². The number of nitrogens with zero attached hydrogens (tertiary/aromatic N) is 5. The first-order chi connectivity index (χ1) is 11.8. The summed E-state index contributed by atoms with van der Waals surface area (Å²) < 4.78 is 2.22. The second kappa shape index (κ2) is 7.72. The van der Waals surface area contributed by atoms with E-state index in [2.05, 4.69) is 52.4 Å². The van der Waals surface area contributed by atoms with Crippen LogP contribution in [0.4, 0.5) is 0 Å². The van der Waals surface area contributed by atoms with Crippen LogP contribution in [0.1, 0.15) is 64.0 Å². The van der Waals surface area contributed by atoms with Crippen molar-refractivity contribution in [3.05, 3.63) is 11.6 Å². The third-order valence-electron chi connectivity index (χ3n) is 5.49. The number of aromatic nitrogens is 3. The average molecular weight is 350 g/mol. The molecule has 2 aliphatic heterocycles. The minimum Gasteiger partial charge on any atom is -0.393 e. The van der Waals surface area contributed by atoms with E-state index in [9.17, 15) is 5.11 Å². The predicted molar refractivity (Wildman–Crippen MR) is 99.4 cm³/mol. The molecule has 0 unspecified atom stereocenters. The standard InChI is InChI=1S/C19H35N5O/c1-19(2,3)14-24-9-5-6-15(12-24)18-21-20-17(22(18)4)13-23-10-7-16(25)8-11-23/h15-16,25H,5-14H2,1-4H3/t15-/m1/s1. The Morgan fingerprint density at radius 2 is 1.76 bits per heavy atom. The molecule has 6 nitrogen and oxygen atoms in total. The van der Waals surface area contributed by atoms with E-state index < -0.39 is 0 Å². The van der Waals surface area contributed by atoms with Gasteiger partial charge in [-0.25, -0.2) is 0 Å². The Morgan fingerprint density at radius 1 is 1.04 bits per heavy atom. The molecule has 1 atom stereocenters. The molecule has 2 aliphatic rings. The highest BCUT2D eigenvalue weighted by molar-refractivity contribution is 5.04. The molecule has 25 heavy (non-hydrogen) atoms. The summed E-state index contributed by atoms with van der Waals surface area (Å²) in [5.74, 6) is 2.69. The van der Waals surface area contributed by atoms with Gasteiger partial charge in [0.15, 0.2) is 0 Å². The van der Waals surface area contributed by atoms with Gasteiger partial charge >= 0.3 is 0 Å². The topological polar surface area (TPSA) is 57.4 Å². The van der Waals surface area contributed by atoms with Gasteiger partial charge in [-0.15, -0.1) is 10.2 Å². The number of piperidine rings is 2. The van der Waals surface area contributed by atoms with Crippen molar-refractivity contribution >= 4 is 0 Å². The monoisotopic (exact) mass is 349 g/mol. The van der Waals surface area contributed by atoms with Gasteiger partial charge in [0, 0.05) is 39.1 Å². The normalized spacial score (nSPS) is 24.8. The lowest BCUT2D eigenvalue weighted by Crippen LogP contribution is -2.40. The fourth-order valence-corrected chi connectivity index (χ4v) is 4.23. The molecule has 2 saturated heterocycles. The van der Waals surface area contributed by atoms with Crippen LogP contribution >= 0.6 is 0 Å².